The van der Waals surface area contributed by atoms with Crippen molar-refractivity contribution >= 4 is 5.91 Å². The van der Waals surface area contributed by atoms with E-state index in [0.717, 1.165) is 30.5 Å². The molecule has 1 aromatic carbocycles. The Kier molecular flexibility index (Phi) is 4.73. The van der Waals surface area contributed by atoms with Crippen molar-refractivity contribution in [3.05, 3.63) is 35.4 Å². The maximum Gasteiger partial charge on any atom is 0.237 e. The molecule has 18 heavy (non-hydrogen) atoms. The summed E-state index contributed by atoms with van der Waals surface area (Å²) in [6.45, 7) is 2.09. The maximum atomic E-state index is 11.9. The molecule has 1 aromatic rings. The van der Waals surface area contributed by atoms with Gasteiger partial charge < -0.3 is 15.4 Å². The number of carbonyl (C=O) groups excluding carboxylic acids is 1. The van der Waals surface area contributed by atoms with Gasteiger partial charge in [-0.05, 0) is 30.5 Å². The van der Waals surface area contributed by atoms with Crippen molar-refractivity contribution in [3.63, 3.8) is 0 Å². The van der Waals surface area contributed by atoms with Gasteiger partial charge in [0.2, 0.25) is 5.91 Å². The van der Waals surface area contributed by atoms with E-state index >= 15 is 0 Å². The zero-order valence-corrected chi connectivity index (χ0v) is 10.7. The molecule has 1 atom stereocenters. The van der Waals surface area contributed by atoms with Crippen molar-refractivity contribution in [2.24, 2.45) is 0 Å². The second kappa shape index (κ2) is 6.52. The van der Waals surface area contributed by atoms with E-state index in [0.29, 0.717) is 13.2 Å². The van der Waals surface area contributed by atoms with Gasteiger partial charge >= 0.3 is 0 Å². The monoisotopic (exact) mass is 248 g/mol. The van der Waals surface area contributed by atoms with Crippen LogP contribution in [0.15, 0.2) is 24.3 Å². The second-order valence-electron chi connectivity index (χ2n) is 4.57. The van der Waals surface area contributed by atoms with Crippen molar-refractivity contribution in [2.45, 2.75) is 32.0 Å². The summed E-state index contributed by atoms with van der Waals surface area (Å²) in [6, 6.07) is 8.00. The number of amides is 1. The number of hydrogen-bond acceptors (Lipinski definition) is 3. The number of rotatable bonds is 5. The molecule has 1 amide bonds. The first-order valence-corrected chi connectivity index (χ1v) is 6.38. The minimum absolute atomic E-state index is 0.0143. The van der Waals surface area contributed by atoms with E-state index in [2.05, 4.69) is 10.6 Å². The molecule has 1 aliphatic heterocycles. The highest BCUT2D eigenvalue weighted by atomic mass is 16.5. The molecular formula is C14H20N2O2. The standard InChI is InChI=1S/C14H20N2O2/c1-18-10-12-6-3-2-5-11(12)9-16-14(17)13-7-4-8-15-13/h2-3,5-6,13,15H,4,7-10H2,1H3,(H,16,17)/t13-/m1/s1. The molecule has 2 N–H and O–H groups in total. The van der Waals surface area contributed by atoms with E-state index in [4.69, 9.17) is 4.74 Å². The topological polar surface area (TPSA) is 50.4 Å². The summed E-state index contributed by atoms with van der Waals surface area (Å²) in [5.41, 5.74) is 2.24. The predicted octanol–water partition coefficient (Wildman–Crippen LogP) is 1.20. The smallest absolute Gasteiger partial charge is 0.237 e. The molecule has 98 valence electrons. The van der Waals surface area contributed by atoms with Gasteiger partial charge in [-0.1, -0.05) is 24.3 Å². The Balaban J connectivity index is 1.90. The largest absolute Gasteiger partial charge is 0.380 e. The lowest BCUT2D eigenvalue weighted by atomic mass is 10.1. The molecule has 1 saturated heterocycles. The van der Waals surface area contributed by atoms with Crippen LogP contribution in [0.25, 0.3) is 0 Å². The first-order chi connectivity index (χ1) is 8.81. The highest BCUT2D eigenvalue weighted by molar-refractivity contribution is 5.82. The third kappa shape index (κ3) is 3.31. The van der Waals surface area contributed by atoms with E-state index in [1.165, 1.54) is 0 Å². The Bertz CT molecular complexity index is 401. The lowest BCUT2D eigenvalue weighted by Gasteiger charge is -2.13. The Hall–Kier alpha value is -1.39. The van der Waals surface area contributed by atoms with Crippen LogP contribution in [0, 0.1) is 0 Å². The number of benzene rings is 1. The molecular weight excluding hydrogens is 228 g/mol. The number of ether oxygens (including phenoxy) is 1. The van der Waals surface area contributed by atoms with Crippen molar-refractivity contribution in [2.75, 3.05) is 13.7 Å². The van der Waals surface area contributed by atoms with E-state index < -0.39 is 0 Å². The second-order valence-corrected chi connectivity index (χ2v) is 4.57. The van der Waals surface area contributed by atoms with Gasteiger partial charge in [0.1, 0.15) is 0 Å². The normalized spacial score (nSPS) is 18.8. The van der Waals surface area contributed by atoms with Gasteiger partial charge in [0.05, 0.1) is 12.6 Å². The average Bonchev–Trinajstić information content (AvgIpc) is 2.92. The minimum Gasteiger partial charge on any atom is -0.380 e. The summed E-state index contributed by atoms with van der Waals surface area (Å²) < 4.78 is 5.15. The Labute approximate surface area is 108 Å². The molecule has 0 radical (unpaired) electrons. The fourth-order valence-corrected chi connectivity index (χ4v) is 2.24. The zero-order valence-electron chi connectivity index (χ0n) is 10.7. The van der Waals surface area contributed by atoms with Crippen LogP contribution in [0.1, 0.15) is 24.0 Å². The van der Waals surface area contributed by atoms with Crippen LogP contribution in [-0.4, -0.2) is 25.6 Å². The van der Waals surface area contributed by atoms with Gasteiger partial charge in [0.25, 0.3) is 0 Å². The average molecular weight is 248 g/mol. The third-order valence-electron chi connectivity index (χ3n) is 3.25. The van der Waals surface area contributed by atoms with E-state index in [-0.39, 0.29) is 11.9 Å². The molecule has 0 saturated carbocycles. The number of carbonyl (C=O) groups is 1. The lowest BCUT2D eigenvalue weighted by Crippen LogP contribution is -2.40. The van der Waals surface area contributed by atoms with E-state index in [1.54, 1.807) is 7.11 Å². The quantitative estimate of drug-likeness (QED) is 0.823. The molecule has 0 unspecified atom stereocenters. The summed E-state index contributed by atoms with van der Waals surface area (Å²) in [7, 11) is 1.68. The van der Waals surface area contributed by atoms with Crippen LogP contribution in [0.4, 0.5) is 0 Å². The third-order valence-corrected chi connectivity index (χ3v) is 3.25. The number of methoxy groups -OCH3 is 1. The highest BCUT2D eigenvalue weighted by Crippen LogP contribution is 2.10. The molecule has 0 aromatic heterocycles. The van der Waals surface area contributed by atoms with Crippen LogP contribution in [0.3, 0.4) is 0 Å². The van der Waals surface area contributed by atoms with Crippen molar-refractivity contribution in [3.8, 4) is 0 Å². The molecule has 2 rings (SSSR count). The van der Waals surface area contributed by atoms with Gasteiger partial charge in [-0.3, -0.25) is 4.79 Å². The Morgan fingerprint density at radius 2 is 2.22 bits per heavy atom. The van der Waals surface area contributed by atoms with E-state index in [9.17, 15) is 4.79 Å². The summed E-state index contributed by atoms with van der Waals surface area (Å²) in [5.74, 6) is 0.0970. The van der Waals surface area contributed by atoms with Crippen LogP contribution < -0.4 is 10.6 Å². The van der Waals surface area contributed by atoms with Crippen LogP contribution in [-0.2, 0) is 22.7 Å². The first kappa shape index (κ1) is 13.1. The number of hydrogen-bond donors (Lipinski definition) is 2. The lowest BCUT2D eigenvalue weighted by molar-refractivity contribution is -0.122. The molecule has 1 heterocycles. The SMILES string of the molecule is COCc1ccccc1CNC(=O)[C@H]1CCCN1. The van der Waals surface area contributed by atoms with E-state index in [1.807, 2.05) is 24.3 Å². The fraction of sp³-hybridized carbons (Fsp3) is 0.500. The highest BCUT2D eigenvalue weighted by Gasteiger charge is 2.21. The van der Waals surface area contributed by atoms with Gasteiger partial charge in [0, 0.05) is 13.7 Å². The zero-order chi connectivity index (χ0) is 12.8. The molecule has 0 spiro atoms. The summed E-state index contributed by atoms with van der Waals surface area (Å²) in [4.78, 5) is 11.9. The maximum absolute atomic E-state index is 11.9. The van der Waals surface area contributed by atoms with Gasteiger partial charge in [-0.25, -0.2) is 0 Å². The summed E-state index contributed by atoms with van der Waals surface area (Å²) in [5, 5.41) is 6.18. The molecule has 4 heteroatoms. The van der Waals surface area contributed by atoms with Crippen LogP contribution in [0.5, 0.6) is 0 Å². The van der Waals surface area contributed by atoms with Crippen molar-refractivity contribution < 1.29 is 9.53 Å². The van der Waals surface area contributed by atoms with Gasteiger partial charge in [-0.15, -0.1) is 0 Å². The van der Waals surface area contributed by atoms with Gasteiger partial charge in [-0.2, -0.15) is 0 Å². The number of nitrogens with one attached hydrogen (secondary N) is 2. The molecule has 1 fully saturated rings. The predicted molar refractivity (Wildman–Crippen MR) is 70.0 cm³/mol. The molecule has 1 aliphatic rings. The Morgan fingerprint density at radius 1 is 1.44 bits per heavy atom. The molecule has 4 nitrogen and oxygen atoms in total. The van der Waals surface area contributed by atoms with Crippen LogP contribution in [0.2, 0.25) is 0 Å². The summed E-state index contributed by atoms with van der Waals surface area (Å²) >= 11 is 0. The van der Waals surface area contributed by atoms with Crippen LogP contribution >= 0.6 is 0 Å². The summed E-state index contributed by atoms with van der Waals surface area (Å²) in [6.07, 6.45) is 2.02. The molecule has 0 bridgehead atoms. The fourth-order valence-electron chi connectivity index (χ4n) is 2.24. The molecule has 0 aliphatic carbocycles. The van der Waals surface area contributed by atoms with Crippen molar-refractivity contribution in [1.82, 2.24) is 10.6 Å². The van der Waals surface area contributed by atoms with Crippen molar-refractivity contribution in [1.29, 1.82) is 0 Å². The van der Waals surface area contributed by atoms with Gasteiger partial charge in [0.15, 0.2) is 0 Å². The first-order valence-electron chi connectivity index (χ1n) is 6.38. The minimum atomic E-state index is -0.0143. The Morgan fingerprint density at radius 3 is 2.89 bits per heavy atom.